The van der Waals surface area contributed by atoms with E-state index in [1.165, 1.54) is 25.0 Å². The molecule has 0 bridgehead atoms. The average molecular weight is 300 g/mol. The molecule has 1 aliphatic rings. The van der Waals surface area contributed by atoms with E-state index in [-0.39, 0.29) is 17.4 Å². The van der Waals surface area contributed by atoms with Gasteiger partial charge in [-0.2, -0.15) is 0 Å². The lowest BCUT2D eigenvalue weighted by Crippen LogP contribution is -2.29. The highest BCUT2D eigenvalue weighted by Crippen LogP contribution is 2.22. The SMILES string of the molecule is CC(C)n1c(-c2ccc(F)cc2)ccc(CNC2CC2)c1=O. The number of benzene rings is 1. The Hall–Kier alpha value is -1.94. The molecule has 0 radical (unpaired) electrons. The molecule has 1 heterocycles. The molecule has 3 nitrogen and oxygen atoms in total. The summed E-state index contributed by atoms with van der Waals surface area (Å²) in [4.78, 5) is 12.8. The van der Waals surface area contributed by atoms with Crippen LogP contribution < -0.4 is 10.9 Å². The Morgan fingerprint density at radius 3 is 2.45 bits per heavy atom. The monoisotopic (exact) mass is 300 g/mol. The van der Waals surface area contributed by atoms with Crippen molar-refractivity contribution in [2.45, 2.75) is 45.3 Å². The van der Waals surface area contributed by atoms with Crippen molar-refractivity contribution in [3.63, 3.8) is 0 Å². The van der Waals surface area contributed by atoms with Gasteiger partial charge in [0.2, 0.25) is 0 Å². The first kappa shape index (κ1) is 15.0. The molecular weight excluding hydrogens is 279 g/mol. The predicted octanol–water partition coefficient (Wildman–Crippen LogP) is 3.49. The van der Waals surface area contributed by atoms with Crippen LogP contribution in [0, 0.1) is 5.82 Å². The third kappa shape index (κ3) is 3.12. The van der Waals surface area contributed by atoms with E-state index >= 15 is 0 Å². The number of nitrogens with one attached hydrogen (secondary N) is 1. The van der Waals surface area contributed by atoms with Crippen LogP contribution in [0.1, 0.15) is 38.3 Å². The zero-order chi connectivity index (χ0) is 15.7. The van der Waals surface area contributed by atoms with Crippen LogP contribution in [-0.4, -0.2) is 10.6 Å². The van der Waals surface area contributed by atoms with E-state index in [1.54, 1.807) is 16.7 Å². The highest BCUT2D eigenvalue weighted by Gasteiger charge is 2.21. The van der Waals surface area contributed by atoms with Gasteiger partial charge >= 0.3 is 0 Å². The fraction of sp³-hybridized carbons (Fsp3) is 0.389. The van der Waals surface area contributed by atoms with Gasteiger partial charge in [0.1, 0.15) is 5.82 Å². The Balaban J connectivity index is 2.00. The molecule has 0 aliphatic heterocycles. The number of nitrogens with zero attached hydrogens (tertiary/aromatic N) is 1. The molecule has 0 atom stereocenters. The summed E-state index contributed by atoms with van der Waals surface area (Å²) in [6.07, 6.45) is 2.40. The summed E-state index contributed by atoms with van der Waals surface area (Å²) in [6, 6.07) is 10.7. The Morgan fingerprint density at radius 1 is 1.18 bits per heavy atom. The van der Waals surface area contributed by atoms with Crippen LogP contribution in [0.3, 0.4) is 0 Å². The van der Waals surface area contributed by atoms with Crippen LogP contribution in [0.25, 0.3) is 11.3 Å². The second-order valence-corrected chi connectivity index (χ2v) is 6.17. The summed E-state index contributed by atoms with van der Waals surface area (Å²) in [5, 5.41) is 3.38. The average Bonchev–Trinajstić information content (AvgIpc) is 3.30. The van der Waals surface area contributed by atoms with E-state index < -0.39 is 0 Å². The second kappa shape index (κ2) is 6.05. The largest absolute Gasteiger partial charge is 0.310 e. The first-order valence-corrected chi connectivity index (χ1v) is 7.80. The smallest absolute Gasteiger partial charge is 0.255 e. The summed E-state index contributed by atoms with van der Waals surface area (Å²) in [5.74, 6) is -0.271. The van der Waals surface area contributed by atoms with E-state index in [1.807, 2.05) is 26.0 Å². The van der Waals surface area contributed by atoms with Crippen molar-refractivity contribution in [2.75, 3.05) is 0 Å². The normalized spacial score (nSPS) is 14.5. The molecule has 1 aromatic heterocycles. The van der Waals surface area contributed by atoms with Gasteiger partial charge in [0.25, 0.3) is 5.56 Å². The van der Waals surface area contributed by atoms with Crippen LogP contribution in [0.5, 0.6) is 0 Å². The second-order valence-electron chi connectivity index (χ2n) is 6.17. The molecule has 3 rings (SSSR count). The fourth-order valence-corrected chi connectivity index (χ4v) is 2.64. The van der Waals surface area contributed by atoms with E-state index in [2.05, 4.69) is 5.32 Å². The zero-order valence-corrected chi connectivity index (χ0v) is 13.0. The third-order valence-corrected chi connectivity index (χ3v) is 4.01. The lowest BCUT2D eigenvalue weighted by molar-refractivity contribution is 0.572. The van der Waals surface area contributed by atoms with Gasteiger partial charge in [0, 0.05) is 24.2 Å². The van der Waals surface area contributed by atoms with Gasteiger partial charge in [-0.3, -0.25) is 4.79 Å². The van der Waals surface area contributed by atoms with Crippen molar-refractivity contribution < 1.29 is 4.39 Å². The molecule has 0 saturated heterocycles. The van der Waals surface area contributed by atoms with Crippen molar-refractivity contribution in [3.05, 3.63) is 58.1 Å². The number of aromatic nitrogens is 1. The Labute approximate surface area is 129 Å². The molecule has 1 N–H and O–H groups in total. The van der Waals surface area contributed by atoms with Gasteiger partial charge in [0.05, 0.1) is 5.69 Å². The molecule has 0 amide bonds. The molecule has 116 valence electrons. The van der Waals surface area contributed by atoms with Crippen LogP contribution in [0.15, 0.2) is 41.2 Å². The number of hydrogen-bond donors (Lipinski definition) is 1. The Morgan fingerprint density at radius 2 is 1.86 bits per heavy atom. The van der Waals surface area contributed by atoms with E-state index in [0.29, 0.717) is 12.6 Å². The molecule has 1 saturated carbocycles. The van der Waals surface area contributed by atoms with Gasteiger partial charge in [-0.25, -0.2) is 4.39 Å². The van der Waals surface area contributed by atoms with Gasteiger partial charge in [-0.15, -0.1) is 0 Å². The van der Waals surface area contributed by atoms with Gasteiger partial charge in [0.15, 0.2) is 0 Å². The molecule has 1 fully saturated rings. The van der Waals surface area contributed by atoms with Crippen molar-refractivity contribution >= 4 is 0 Å². The van der Waals surface area contributed by atoms with E-state index in [4.69, 9.17) is 0 Å². The lowest BCUT2D eigenvalue weighted by Gasteiger charge is -2.18. The molecule has 0 unspecified atom stereocenters. The Bertz CT molecular complexity index is 715. The minimum Gasteiger partial charge on any atom is -0.310 e. The maximum atomic E-state index is 13.1. The molecule has 0 spiro atoms. The van der Waals surface area contributed by atoms with Crippen LogP contribution in [0.4, 0.5) is 4.39 Å². The van der Waals surface area contributed by atoms with Crippen molar-refractivity contribution in [2.24, 2.45) is 0 Å². The lowest BCUT2D eigenvalue weighted by atomic mass is 10.1. The van der Waals surface area contributed by atoms with E-state index in [9.17, 15) is 9.18 Å². The summed E-state index contributed by atoms with van der Waals surface area (Å²) >= 11 is 0. The number of hydrogen-bond acceptors (Lipinski definition) is 2. The summed E-state index contributed by atoms with van der Waals surface area (Å²) in [6.45, 7) is 4.60. The molecular formula is C18H21FN2O. The maximum Gasteiger partial charge on any atom is 0.255 e. The number of halogens is 1. The van der Waals surface area contributed by atoms with Gasteiger partial charge in [-0.05, 0) is 62.6 Å². The Kier molecular flexibility index (Phi) is 4.12. The third-order valence-electron chi connectivity index (χ3n) is 4.01. The molecule has 2 aromatic rings. The summed E-state index contributed by atoms with van der Waals surface area (Å²) in [7, 11) is 0. The summed E-state index contributed by atoms with van der Waals surface area (Å²) in [5.41, 5.74) is 2.50. The minimum absolute atomic E-state index is 0.0324. The first-order valence-electron chi connectivity index (χ1n) is 7.80. The quantitative estimate of drug-likeness (QED) is 0.917. The number of rotatable bonds is 5. The van der Waals surface area contributed by atoms with Crippen molar-refractivity contribution in [1.82, 2.24) is 9.88 Å². The molecule has 4 heteroatoms. The highest BCUT2D eigenvalue weighted by atomic mass is 19.1. The van der Waals surface area contributed by atoms with Crippen LogP contribution >= 0.6 is 0 Å². The standard InChI is InChI=1S/C18H21FN2O/c1-12(2)21-17(13-3-6-15(19)7-4-13)10-5-14(18(21)22)11-20-16-8-9-16/h3-7,10,12,16,20H,8-9,11H2,1-2H3. The van der Waals surface area contributed by atoms with Crippen molar-refractivity contribution in [3.8, 4) is 11.3 Å². The van der Waals surface area contributed by atoms with Crippen molar-refractivity contribution in [1.29, 1.82) is 0 Å². The maximum absolute atomic E-state index is 13.1. The zero-order valence-electron chi connectivity index (χ0n) is 13.0. The molecule has 22 heavy (non-hydrogen) atoms. The highest BCUT2D eigenvalue weighted by molar-refractivity contribution is 5.60. The topological polar surface area (TPSA) is 34.0 Å². The van der Waals surface area contributed by atoms with Gasteiger partial charge in [-0.1, -0.05) is 6.07 Å². The van der Waals surface area contributed by atoms with Crippen LogP contribution in [-0.2, 0) is 6.54 Å². The molecule has 1 aromatic carbocycles. The number of pyridine rings is 1. The predicted molar refractivity (Wildman–Crippen MR) is 86.3 cm³/mol. The van der Waals surface area contributed by atoms with Crippen LogP contribution in [0.2, 0.25) is 0 Å². The molecule has 1 aliphatic carbocycles. The first-order chi connectivity index (χ1) is 10.6. The van der Waals surface area contributed by atoms with E-state index in [0.717, 1.165) is 16.8 Å². The fourth-order valence-electron chi connectivity index (χ4n) is 2.64. The van der Waals surface area contributed by atoms with Gasteiger partial charge < -0.3 is 9.88 Å². The summed E-state index contributed by atoms with van der Waals surface area (Å²) < 4.78 is 14.9. The minimum atomic E-state index is -0.271.